The second kappa shape index (κ2) is 20.8. The van der Waals surface area contributed by atoms with Crippen LogP contribution in [0.3, 0.4) is 0 Å². The first-order chi connectivity index (χ1) is 19.7. The van der Waals surface area contributed by atoms with Gasteiger partial charge in [-0.1, -0.05) is 71.0 Å². The number of thiocarbonyl (C=S) groups is 2. The Morgan fingerprint density at radius 1 is 0.773 bits per heavy atom. The number of aryl methyl sites for hydroxylation is 2. The molecule has 4 aromatic rings. The molecule has 2 aromatic carbocycles. The predicted octanol–water partition coefficient (Wildman–Crippen LogP) is 9.89. The van der Waals surface area contributed by atoms with E-state index in [4.69, 9.17) is 34.9 Å². The monoisotopic (exact) mass is 640 g/mol. The third-order valence-electron chi connectivity index (χ3n) is 6.68. The fourth-order valence-corrected chi connectivity index (χ4v) is 5.12. The van der Waals surface area contributed by atoms with E-state index in [0.29, 0.717) is 6.54 Å². The summed E-state index contributed by atoms with van der Waals surface area (Å²) in [5.41, 5.74) is 10.1. The largest absolute Gasteiger partial charge is 0.444 e. The first-order valence-electron chi connectivity index (χ1n) is 14.5. The molecule has 0 unspecified atom stereocenters. The van der Waals surface area contributed by atoms with Gasteiger partial charge >= 0.3 is 6.09 Å². The maximum atomic E-state index is 11.5. The van der Waals surface area contributed by atoms with Crippen LogP contribution in [0.15, 0.2) is 60.9 Å². The molecule has 2 heterocycles. The Bertz CT molecular complexity index is 1420. The van der Waals surface area contributed by atoms with Crippen LogP contribution in [0.4, 0.5) is 4.79 Å². The molecule has 1 amide bonds. The number of hydrogen-bond donors (Lipinski definition) is 4. The van der Waals surface area contributed by atoms with Crippen molar-refractivity contribution >= 4 is 62.1 Å². The average molecular weight is 641 g/mol. The van der Waals surface area contributed by atoms with Crippen molar-refractivity contribution in [1.29, 1.82) is 0 Å². The number of carbonyl (C=O) groups excluding carboxylic acids is 1. The molecule has 0 aliphatic rings. The summed E-state index contributed by atoms with van der Waals surface area (Å²) in [7, 11) is 0. The maximum Gasteiger partial charge on any atom is 0.407 e. The van der Waals surface area contributed by atoms with E-state index < -0.39 is 5.60 Å². The molecule has 244 valence electrons. The highest BCUT2D eigenvalue weighted by molar-refractivity contribution is 7.80. The fourth-order valence-electron chi connectivity index (χ4n) is 4.62. The van der Waals surface area contributed by atoms with E-state index in [1.165, 1.54) is 32.9 Å². The summed E-state index contributed by atoms with van der Waals surface area (Å²) in [6.45, 7) is 6.88. The molecule has 0 fully saturated rings. The minimum Gasteiger partial charge on any atom is -0.444 e. The number of aromatic nitrogens is 2. The van der Waals surface area contributed by atoms with Gasteiger partial charge in [0.2, 0.25) is 0 Å². The lowest BCUT2D eigenvalue weighted by molar-refractivity contribution is 0.0527. The van der Waals surface area contributed by atoms with Crippen molar-refractivity contribution in [3.8, 4) is 0 Å². The van der Waals surface area contributed by atoms with Crippen molar-refractivity contribution in [3.05, 3.63) is 72.1 Å². The van der Waals surface area contributed by atoms with E-state index in [0.717, 1.165) is 67.6 Å². The second-order valence-electron chi connectivity index (χ2n) is 11.2. The molecule has 0 atom stereocenters. The number of hydrogen-bond acceptors (Lipinski definition) is 5. The fraction of sp³-hybridized carbons (Fsp3) is 0.472. The van der Waals surface area contributed by atoms with Gasteiger partial charge < -0.3 is 25.8 Å². The number of amides is 1. The van der Waals surface area contributed by atoms with E-state index in [1.54, 1.807) is 0 Å². The predicted molar refractivity (Wildman–Crippen MR) is 200 cm³/mol. The number of carbonyl (C=O) groups is 1. The Morgan fingerprint density at radius 3 is 1.70 bits per heavy atom. The van der Waals surface area contributed by atoms with Crippen LogP contribution >= 0.6 is 24.4 Å². The van der Waals surface area contributed by atoms with E-state index >= 15 is 0 Å². The zero-order valence-electron chi connectivity index (χ0n) is 24.6. The number of ether oxygens (including phenoxy) is 1. The molecule has 2 aromatic heterocycles. The van der Waals surface area contributed by atoms with E-state index in [-0.39, 0.29) is 28.4 Å². The van der Waals surface area contributed by atoms with Crippen LogP contribution in [-0.4, -0.2) is 44.5 Å². The zero-order chi connectivity index (χ0) is 29.7. The van der Waals surface area contributed by atoms with Crippen molar-refractivity contribution in [2.45, 2.75) is 100 Å². The first kappa shape index (κ1) is 40.9. The number of nitrogens with two attached hydrogens (primary N) is 1. The van der Waals surface area contributed by atoms with Crippen molar-refractivity contribution in [1.82, 2.24) is 15.3 Å². The number of alkyl carbamates (subject to hydrolysis) is 1. The molecule has 0 bridgehead atoms. The van der Waals surface area contributed by atoms with Crippen LogP contribution in [0.5, 0.6) is 0 Å². The summed E-state index contributed by atoms with van der Waals surface area (Å²) in [6, 6.07) is 16.9. The number of rotatable bonds is 13. The van der Waals surface area contributed by atoms with E-state index in [9.17, 15) is 4.79 Å². The lowest BCUT2D eigenvalue weighted by Gasteiger charge is -2.19. The van der Waals surface area contributed by atoms with Crippen LogP contribution < -0.4 is 11.1 Å². The summed E-state index contributed by atoms with van der Waals surface area (Å²) < 4.78 is 5.20. The summed E-state index contributed by atoms with van der Waals surface area (Å²) >= 11 is 10.8. The summed E-state index contributed by atoms with van der Waals surface area (Å²) in [4.78, 5) is 20.2. The maximum absolute atomic E-state index is 11.5. The molecule has 0 saturated carbocycles. The summed E-state index contributed by atoms with van der Waals surface area (Å²) in [5, 5.41) is 5.35. The number of fused-ring (bicyclic) bond motifs is 2. The first-order valence-corrected chi connectivity index (χ1v) is 15.3. The van der Waals surface area contributed by atoms with Crippen LogP contribution in [-0.2, 0) is 17.6 Å². The SMILES string of the molecule is C.C.C.CC(C)(C)OC(=O)NCCCC(=S)CCc1cccc2[nH]ccc12.NCCCC(=S)CCc1cccc2[nH]ccc12. The lowest BCUT2D eigenvalue weighted by Crippen LogP contribution is -2.33. The molecule has 0 spiro atoms. The quantitative estimate of drug-likeness (QED) is 0.0862. The van der Waals surface area contributed by atoms with Crippen molar-refractivity contribution in [2.75, 3.05) is 13.1 Å². The number of aromatic amines is 2. The molecule has 44 heavy (non-hydrogen) atoms. The normalized spacial score (nSPS) is 10.5. The van der Waals surface area contributed by atoms with Crippen molar-refractivity contribution in [3.63, 3.8) is 0 Å². The highest BCUT2D eigenvalue weighted by Gasteiger charge is 2.15. The van der Waals surface area contributed by atoms with Crippen LogP contribution in [0, 0.1) is 0 Å². The standard InChI is InChI=1S/C19H26N2O2S.C14H18N2S.3CH4/c1-19(2,3)23-18(22)21-12-5-7-15(24)10-9-14-6-4-8-17-16(14)11-13-20-17;15-9-2-4-12(17)7-6-11-3-1-5-14-13(11)8-10-16-14;;;/h4,6,8,11,13,20H,5,7,9-10,12H2,1-3H3,(H,21,22);1,3,5,8,10,16H,2,4,6-7,9,15H2;3*1H4. The molecule has 5 N–H and O–H groups in total. The zero-order valence-corrected chi connectivity index (χ0v) is 26.2. The van der Waals surface area contributed by atoms with E-state index in [2.05, 4.69) is 63.8 Å². The van der Waals surface area contributed by atoms with Gasteiger partial charge in [-0.2, -0.15) is 0 Å². The smallest absolute Gasteiger partial charge is 0.407 e. The minimum absolute atomic E-state index is 0. The second-order valence-corrected chi connectivity index (χ2v) is 12.4. The van der Waals surface area contributed by atoms with Gasteiger partial charge in [0.1, 0.15) is 5.60 Å². The minimum atomic E-state index is -0.460. The third kappa shape index (κ3) is 14.1. The molecule has 0 aliphatic carbocycles. The average Bonchev–Trinajstić information content (AvgIpc) is 3.61. The van der Waals surface area contributed by atoms with E-state index in [1.807, 2.05) is 33.2 Å². The Labute approximate surface area is 276 Å². The van der Waals surface area contributed by atoms with Gasteiger partial charge in [-0.25, -0.2) is 4.79 Å². The van der Waals surface area contributed by atoms with Gasteiger partial charge in [0.25, 0.3) is 0 Å². The molecule has 0 radical (unpaired) electrons. The van der Waals surface area contributed by atoms with Gasteiger partial charge in [0.15, 0.2) is 0 Å². The molecule has 0 saturated heterocycles. The Hall–Kier alpha value is -3.07. The van der Waals surface area contributed by atoms with Gasteiger partial charge in [-0.05, 0) is 124 Å². The van der Waals surface area contributed by atoms with Crippen molar-refractivity contribution < 1.29 is 9.53 Å². The van der Waals surface area contributed by atoms with Crippen LogP contribution in [0.2, 0.25) is 0 Å². The Balaban J connectivity index is 0.000000824. The van der Waals surface area contributed by atoms with Gasteiger partial charge in [-0.3, -0.25) is 0 Å². The third-order valence-corrected chi connectivity index (χ3v) is 7.49. The molecule has 8 heteroatoms. The topological polar surface area (TPSA) is 95.9 Å². The molecular formula is C36H56N4O2S2. The lowest BCUT2D eigenvalue weighted by atomic mass is 10.0. The number of benzene rings is 2. The highest BCUT2D eigenvalue weighted by atomic mass is 32.1. The molecular weight excluding hydrogens is 585 g/mol. The Kier molecular flexibility index (Phi) is 19.4. The highest BCUT2D eigenvalue weighted by Crippen LogP contribution is 2.20. The Morgan fingerprint density at radius 2 is 1.25 bits per heavy atom. The van der Waals surface area contributed by atoms with Gasteiger partial charge in [0.05, 0.1) is 0 Å². The molecule has 0 aliphatic heterocycles. The van der Waals surface area contributed by atoms with Crippen LogP contribution in [0.1, 0.15) is 92.7 Å². The number of nitrogens with one attached hydrogen (secondary N) is 3. The summed E-state index contributed by atoms with van der Waals surface area (Å²) in [5.74, 6) is 0. The van der Waals surface area contributed by atoms with Crippen LogP contribution in [0.25, 0.3) is 21.8 Å². The van der Waals surface area contributed by atoms with Crippen molar-refractivity contribution in [2.24, 2.45) is 5.73 Å². The number of H-pyrrole nitrogens is 2. The molecule has 6 nitrogen and oxygen atoms in total. The summed E-state index contributed by atoms with van der Waals surface area (Å²) in [6.07, 6.45) is 11.1. The van der Waals surface area contributed by atoms with Gasteiger partial charge in [-0.15, -0.1) is 0 Å². The molecule has 4 rings (SSSR count). The van der Waals surface area contributed by atoms with Gasteiger partial charge in [0, 0.05) is 40.7 Å².